The monoisotopic (exact) mass is 319 g/mol. The maximum absolute atomic E-state index is 5.85. The number of nitrogens with zero attached hydrogens (tertiary/aromatic N) is 2. The van der Waals surface area contributed by atoms with E-state index in [4.69, 9.17) is 10.5 Å². The third kappa shape index (κ3) is 2.23. The summed E-state index contributed by atoms with van der Waals surface area (Å²) >= 11 is 2.17. The average molecular weight is 319 g/mol. The fraction of sp³-hybridized carbons (Fsp3) is 0.600. The van der Waals surface area contributed by atoms with Gasteiger partial charge in [-0.3, -0.25) is 0 Å². The van der Waals surface area contributed by atoms with Crippen LogP contribution >= 0.6 is 22.6 Å². The highest BCUT2D eigenvalue weighted by Crippen LogP contribution is 2.35. The van der Waals surface area contributed by atoms with Crippen molar-refractivity contribution >= 4 is 28.4 Å². The van der Waals surface area contributed by atoms with E-state index in [9.17, 15) is 0 Å². The molecule has 0 aliphatic heterocycles. The molecule has 1 aliphatic carbocycles. The lowest BCUT2D eigenvalue weighted by atomic mass is 9.85. The number of nitrogens with two attached hydrogens (primary N) is 1. The van der Waals surface area contributed by atoms with Gasteiger partial charge in [0.2, 0.25) is 0 Å². The number of halogens is 1. The SMILES string of the molecule is COCc1nc(C2CCC2)nc(N)c1I. The predicted molar refractivity (Wildman–Crippen MR) is 66.5 cm³/mol. The van der Waals surface area contributed by atoms with Gasteiger partial charge in [-0.25, -0.2) is 9.97 Å². The van der Waals surface area contributed by atoms with Gasteiger partial charge in [0.15, 0.2) is 0 Å². The van der Waals surface area contributed by atoms with Crippen LogP contribution in [0.2, 0.25) is 0 Å². The molecule has 0 saturated heterocycles. The zero-order valence-electron chi connectivity index (χ0n) is 8.66. The molecule has 5 heteroatoms. The Morgan fingerprint density at radius 1 is 1.47 bits per heavy atom. The molecule has 0 radical (unpaired) electrons. The molecule has 1 aromatic rings. The van der Waals surface area contributed by atoms with Crippen molar-refractivity contribution in [3.63, 3.8) is 0 Å². The van der Waals surface area contributed by atoms with Gasteiger partial charge in [0.05, 0.1) is 15.9 Å². The maximum Gasteiger partial charge on any atom is 0.141 e. The van der Waals surface area contributed by atoms with E-state index in [0.717, 1.165) is 15.1 Å². The molecular weight excluding hydrogens is 305 g/mol. The van der Waals surface area contributed by atoms with Crippen molar-refractivity contribution in [3.8, 4) is 0 Å². The van der Waals surface area contributed by atoms with Crippen molar-refractivity contribution < 1.29 is 4.74 Å². The zero-order chi connectivity index (χ0) is 10.8. The largest absolute Gasteiger partial charge is 0.383 e. The summed E-state index contributed by atoms with van der Waals surface area (Å²) in [6, 6.07) is 0. The molecule has 0 amide bonds. The lowest BCUT2D eigenvalue weighted by Crippen LogP contribution is -2.16. The Labute approximate surface area is 103 Å². The number of ether oxygens (including phenoxy) is 1. The number of nitrogen functional groups attached to an aromatic ring is 1. The first-order chi connectivity index (χ1) is 7.22. The van der Waals surface area contributed by atoms with Crippen LogP contribution in [0.25, 0.3) is 0 Å². The maximum atomic E-state index is 5.85. The second-order valence-corrected chi connectivity index (χ2v) is 4.87. The Kier molecular flexibility index (Phi) is 3.40. The quantitative estimate of drug-likeness (QED) is 0.867. The van der Waals surface area contributed by atoms with Crippen LogP contribution in [0.4, 0.5) is 5.82 Å². The lowest BCUT2D eigenvalue weighted by Gasteiger charge is -2.24. The van der Waals surface area contributed by atoms with Crippen LogP contribution in [0.3, 0.4) is 0 Å². The van der Waals surface area contributed by atoms with E-state index in [2.05, 4.69) is 32.6 Å². The molecule has 0 bridgehead atoms. The normalized spacial score (nSPS) is 16.4. The van der Waals surface area contributed by atoms with Gasteiger partial charge in [-0.05, 0) is 35.4 Å². The van der Waals surface area contributed by atoms with E-state index in [1.807, 2.05) is 0 Å². The molecule has 1 saturated carbocycles. The van der Waals surface area contributed by atoms with Crippen LogP contribution in [0, 0.1) is 3.57 Å². The van der Waals surface area contributed by atoms with Crippen molar-refractivity contribution in [2.75, 3.05) is 12.8 Å². The number of aromatic nitrogens is 2. The van der Waals surface area contributed by atoms with Gasteiger partial charge in [-0.1, -0.05) is 6.42 Å². The molecule has 1 aliphatic rings. The number of hydrogen-bond acceptors (Lipinski definition) is 4. The molecule has 0 spiro atoms. The van der Waals surface area contributed by atoms with Gasteiger partial charge in [0.1, 0.15) is 11.6 Å². The minimum atomic E-state index is 0.505. The molecule has 1 aromatic heterocycles. The highest BCUT2D eigenvalue weighted by Gasteiger charge is 2.24. The predicted octanol–water partition coefficient (Wildman–Crippen LogP) is 2.08. The molecule has 0 atom stereocenters. The molecule has 1 fully saturated rings. The molecule has 82 valence electrons. The Hall–Kier alpha value is -0.430. The topological polar surface area (TPSA) is 61.0 Å². The van der Waals surface area contributed by atoms with Gasteiger partial charge in [0.25, 0.3) is 0 Å². The van der Waals surface area contributed by atoms with E-state index >= 15 is 0 Å². The van der Waals surface area contributed by atoms with Gasteiger partial charge >= 0.3 is 0 Å². The van der Waals surface area contributed by atoms with Crippen molar-refractivity contribution in [2.24, 2.45) is 0 Å². The molecule has 4 nitrogen and oxygen atoms in total. The standard InChI is InChI=1S/C10H14IN3O/c1-15-5-7-8(11)9(12)14-10(13-7)6-3-2-4-6/h6H,2-5H2,1H3,(H2,12,13,14). The molecule has 2 rings (SSSR count). The fourth-order valence-corrected chi connectivity index (χ4v) is 2.01. The van der Waals surface area contributed by atoms with Crippen LogP contribution in [0.5, 0.6) is 0 Å². The summed E-state index contributed by atoms with van der Waals surface area (Å²) in [6.07, 6.45) is 3.65. The minimum Gasteiger partial charge on any atom is -0.383 e. The second-order valence-electron chi connectivity index (χ2n) is 3.79. The van der Waals surface area contributed by atoms with E-state index in [1.165, 1.54) is 19.3 Å². The first kappa shape index (κ1) is 11.1. The molecule has 0 aromatic carbocycles. The summed E-state index contributed by atoms with van der Waals surface area (Å²) in [5.74, 6) is 1.99. The van der Waals surface area contributed by atoms with E-state index in [0.29, 0.717) is 18.3 Å². The van der Waals surface area contributed by atoms with Crippen LogP contribution in [0.15, 0.2) is 0 Å². The first-order valence-corrected chi connectivity index (χ1v) is 6.11. The van der Waals surface area contributed by atoms with Crippen molar-refractivity contribution in [1.82, 2.24) is 9.97 Å². The Bertz CT molecular complexity index is 366. The summed E-state index contributed by atoms with van der Waals surface area (Å²) < 4.78 is 6.01. The first-order valence-electron chi connectivity index (χ1n) is 5.03. The zero-order valence-corrected chi connectivity index (χ0v) is 10.8. The summed E-state index contributed by atoms with van der Waals surface area (Å²) in [4.78, 5) is 8.86. The third-order valence-corrected chi connectivity index (χ3v) is 3.89. The van der Waals surface area contributed by atoms with E-state index in [1.54, 1.807) is 7.11 Å². The summed E-state index contributed by atoms with van der Waals surface area (Å²) in [6.45, 7) is 0.505. The van der Waals surface area contributed by atoms with Crippen molar-refractivity contribution in [2.45, 2.75) is 31.8 Å². The summed E-state index contributed by atoms with van der Waals surface area (Å²) in [5.41, 5.74) is 6.76. The number of methoxy groups -OCH3 is 1. The average Bonchev–Trinajstić information content (AvgIpc) is 2.11. The van der Waals surface area contributed by atoms with Gasteiger partial charge < -0.3 is 10.5 Å². The smallest absolute Gasteiger partial charge is 0.141 e. The number of rotatable bonds is 3. The molecule has 0 unspecified atom stereocenters. The molecular formula is C10H14IN3O. The summed E-state index contributed by atoms with van der Waals surface area (Å²) in [5, 5.41) is 0. The number of anilines is 1. The van der Waals surface area contributed by atoms with Crippen LogP contribution in [-0.2, 0) is 11.3 Å². The van der Waals surface area contributed by atoms with Gasteiger partial charge in [-0.2, -0.15) is 0 Å². The molecule has 2 N–H and O–H groups in total. The van der Waals surface area contributed by atoms with E-state index in [-0.39, 0.29) is 0 Å². The highest BCUT2D eigenvalue weighted by atomic mass is 127. The number of hydrogen-bond donors (Lipinski definition) is 1. The Morgan fingerprint density at radius 2 is 2.20 bits per heavy atom. The Morgan fingerprint density at radius 3 is 2.73 bits per heavy atom. The molecule has 15 heavy (non-hydrogen) atoms. The van der Waals surface area contributed by atoms with Crippen LogP contribution < -0.4 is 5.73 Å². The van der Waals surface area contributed by atoms with Gasteiger partial charge in [-0.15, -0.1) is 0 Å². The third-order valence-electron chi connectivity index (χ3n) is 2.71. The molecule has 1 heterocycles. The second kappa shape index (κ2) is 4.61. The fourth-order valence-electron chi connectivity index (χ4n) is 1.61. The van der Waals surface area contributed by atoms with Gasteiger partial charge in [0, 0.05) is 13.0 Å². The van der Waals surface area contributed by atoms with E-state index < -0.39 is 0 Å². The van der Waals surface area contributed by atoms with Crippen molar-refractivity contribution in [1.29, 1.82) is 0 Å². The lowest BCUT2D eigenvalue weighted by molar-refractivity contribution is 0.180. The van der Waals surface area contributed by atoms with Crippen molar-refractivity contribution in [3.05, 3.63) is 15.1 Å². The minimum absolute atomic E-state index is 0.505. The van der Waals surface area contributed by atoms with Crippen LogP contribution in [-0.4, -0.2) is 17.1 Å². The Balaban J connectivity index is 2.31. The van der Waals surface area contributed by atoms with Crippen LogP contribution in [0.1, 0.15) is 36.7 Å². The highest BCUT2D eigenvalue weighted by molar-refractivity contribution is 14.1. The summed E-state index contributed by atoms with van der Waals surface area (Å²) in [7, 11) is 1.66.